The smallest absolute Gasteiger partial charge is 0.116 e. The zero-order valence-electron chi connectivity index (χ0n) is 7.46. The zero-order chi connectivity index (χ0) is 10.6. The fourth-order valence-electron chi connectivity index (χ4n) is 1.16. The van der Waals surface area contributed by atoms with E-state index in [1.165, 1.54) is 9.27 Å². The van der Waals surface area contributed by atoms with Crippen LogP contribution in [0.4, 0.5) is 0 Å². The Labute approximate surface area is 125 Å². The molecule has 0 spiro atoms. The highest BCUT2D eigenvalue weighted by Crippen LogP contribution is 2.32. The Balaban J connectivity index is 2.94. The molecule has 0 bridgehead atoms. The normalized spacial score (nSPS) is 14.1. The monoisotopic (exact) mass is 525 g/mol. The minimum Gasteiger partial charge on any atom is -0.334 e. The van der Waals surface area contributed by atoms with Gasteiger partial charge in [-0.1, -0.05) is 51.3 Å². The van der Waals surface area contributed by atoms with Crippen molar-refractivity contribution in [1.82, 2.24) is 4.57 Å². The van der Waals surface area contributed by atoms with Gasteiger partial charge in [0, 0.05) is 21.9 Å². The molecule has 0 aromatic carbocycles. The van der Waals surface area contributed by atoms with Gasteiger partial charge in [-0.05, 0) is 38.8 Å². The number of hydrogen-bond donors (Lipinski definition) is 0. The molecule has 0 aliphatic rings. The lowest BCUT2D eigenvalue weighted by Gasteiger charge is -2.14. The molecule has 1 atom stereocenters. The first-order valence-electron chi connectivity index (χ1n) is 4.07. The summed E-state index contributed by atoms with van der Waals surface area (Å²) in [6.45, 7) is 3.77. The van der Waals surface area contributed by atoms with Crippen LogP contribution < -0.4 is 0 Å². The van der Waals surface area contributed by atoms with Crippen molar-refractivity contribution >= 4 is 67.8 Å². The molecular weight excluding hydrogens is 515 g/mol. The lowest BCUT2D eigenvalue weighted by Crippen LogP contribution is -2.04. The summed E-state index contributed by atoms with van der Waals surface area (Å²) < 4.78 is 6.13. The molecule has 0 radical (unpaired) electrons. The van der Waals surface area contributed by atoms with Gasteiger partial charge < -0.3 is 4.57 Å². The van der Waals surface area contributed by atoms with Crippen LogP contribution in [0.5, 0.6) is 0 Å². The summed E-state index contributed by atoms with van der Waals surface area (Å²) in [5.41, 5.74) is 1.31. The first-order valence-corrected chi connectivity index (χ1v) is 7.64. The number of hydrogen-bond acceptors (Lipinski definition) is 0. The second-order valence-corrected chi connectivity index (χ2v) is 5.78. The molecule has 76 valence electrons. The Morgan fingerprint density at radius 1 is 1.64 bits per heavy atom. The van der Waals surface area contributed by atoms with Crippen LogP contribution in [0, 0.1) is 0 Å². The van der Waals surface area contributed by atoms with Crippen molar-refractivity contribution in [3.05, 3.63) is 44.3 Å². The van der Waals surface area contributed by atoms with E-state index in [4.69, 9.17) is 0 Å². The van der Waals surface area contributed by atoms with E-state index in [0.29, 0.717) is 4.05 Å². The molecule has 1 aromatic rings. The fraction of sp³-hybridized carbons (Fsp3) is 0.200. The second-order valence-electron chi connectivity index (χ2n) is 2.73. The van der Waals surface area contributed by atoms with E-state index >= 15 is 0 Å². The summed E-state index contributed by atoms with van der Waals surface area (Å²) in [6, 6.07) is 4.23. The molecule has 1 nitrogen and oxygen atoms in total. The number of nitrogens with zero attached hydrogens (tertiary/aromatic N) is 1. The molecule has 0 saturated heterocycles. The molecule has 0 aliphatic carbocycles. The Kier molecular flexibility index (Phi) is 6.06. The fourth-order valence-corrected chi connectivity index (χ4v) is 3.21. The van der Waals surface area contributed by atoms with Crippen molar-refractivity contribution < 1.29 is 0 Å². The van der Waals surface area contributed by atoms with Crippen LogP contribution in [-0.4, -0.2) is 4.57 Å². The maximum absolute atomic E-state index is 3.77. The minimum absolute atomic E-state index is 0.398. The summed E-state index contributed by atoms with van der Waals surface area (Å²) in [5.74, 6) is 0. The van der Waals surface area contributed by atoms with Gasteiger partial charge in [0.25, 0.3) is 0 Å². The first-order chi connectivity index (χ1) is 6.70. The standard InChI is InChI=1S/C10H10I3N/c1-2-4-8-5-3-6-14(8)10(13)9(12)7-11/h2-3,5-7,10H,1,4H2. The quantitative estimate of drug-likeness (QED) is 0.301. The molecule has 4 heteroatoms. The van der Waals surface area contributed by atoms with Crippen molar-refractivity contribution in [1.29, 1.82) is 0 Å². The molecule has 0 aliphatic heterocycles. The predicted molar refractivity (Wildman–Crippen MR) is 87.5 cm³/mol. The average molecular weight is 525 g/mol. The van der Waals surface area contributed by atoms with Gasteiger partial charge in [-0.15, -0.1) is 6.58 Å². The summed E-state index contributed by atoms with van der Waals surface area (Å²) in [5, 5.41) is 0. The molecule has 14 heavy (non-hydrogen) atoms. The molecule has 1 aromatic heterocycles. The molecule has 0 N–H and O–H groups in total. The number of aromatic nitrogens is 1. The summed E-state index contributed by atoms with van der Waals surface area (Å²) >= 11 is 7.10. The van der Waals surface area contributed by atoms with Crippen molar-refractivity contribution in [3.8, 4) is 0 Å². The van der Waals surface area contributed by atoms with E-state index < -0.39 is 0 Å². The molecule has 1 unspecified atom stereocenters. The number of rotatable bonds is 4. The van der Waals surface area contributed by atoms with Crippen LogP contribution in [0.2, 0.25) is 0 Å². The molecule has 0 saturated carbocycles. The third-order valence-corrected chi connectivity index (χ3v) is 7.02. The Hall–Kier alpha value is 0.950. The lowest BCUT2D eigenvalue weighted by atomic mass is 10.3. The highest BCUT2D eigenvalue weighted by molar-refractivity contribution is 14.1. The summed E-state index contributed by atoms with van der Waals surface area (Å²) in [4.78, 5) is 0. The van der Waals surface area contributed by atoms with E-state index in [1.807, 2.05) is 6.08 Å². The van der Waals surface area contributed by atoms with Gasteiger partial charge >= 0.3 is 0 Å². The van der Waals surface area contributed by atoms with E-state index in [9.17, 15) is 0 Å². The summed E-state index contributed by atoms with van der Waals surface area (Å²) in [7, 11) is 0. The maximum atomic E-state index is 3.77. The molecule has 0 amide bonds. The third kappa shape index (κ3) is 3.22. The Morgan fingerprint density at radius 3 is 2.93 bits per heavy atom. The highest BCUT2D eigenvalue weighted by Gasteiger charge is 2.11. The maximum Gasteiger partial charge on any atom is 0.116 e. The van der Waals surface area contributed by atoms with Crippen LogP contribution in [0.3, 0.4) is 0 Å². The van der Waals surface area contributed by atoms with Crippen molar-refractivity contribution in [2.45, 2.75) is 10.5 Å². The van der Waals surface area contributed by atoms with Crippen LogP contribution in [0.15, 0.2) is 38.6 Å². The van der Waals surface area contributed by atoms with E-state index in [1.54, 1.807) is 0 Å². The number of allylic oxidation sites excluding steroid dienone is 2. The van der Waals surface area contributed by atoms with Gasteiger partial charge in [-0.2, -0.15) is 0 Å². The van der Waals surface area contributed by atoms with Crippen LogP contribution in [0.25, 0.3) is 0 Å². The molecule has 0 fully saturated rings. The van der Waals surface area contributed by atoms with Gasteiger partial charge in [0.2, 0.25) is 0 Å². The van der Waals surface area contributed by atoms with E-state index in [2.05, 4.69) is 101 Å². The van der Waals surface area contributed by atoms with E-state index in [0.717, 1.165) is 6.42 Å². The summed E-state index contributed by atoms with van der Waals surface area (Å²) in [6.07, 6.45) is 4.99. The number of halogens is 3. The van der Waals surface area contributed by atoms with Gasteiger partial charge in [0.15, 0.2) is 0 Å². The largest absolute Gasteiger partial charge is 0.334 e. The van der Waals surface area contributed by atoms with Gasteiger partial charge in [0.05, 0.1) is 0 Å². The molecule has 1 rings (SSSR count). The van der Waals surface area contributed by atoms with E-state index in [-0.39, 0.29) is 0 Å². The van der Waals surface area contributed by atoms with Gasteiger partial charge in [-0.25, -0.2) is 0 Å². The first kappa shape index (κ1) is 13.0. The molecular formula is C10H10I3N. The zero-order valence-corrected chi connectivity index (χ0v) is 13.9. The van der Waals surface area contributed by atoms with Crippen molar-refractivity contribution in [2.75, 3.05) is 0 Å². The van der Waals surface area contributed by atoms with Crippen molar-refractivity contribution in [3.63, 3.8) is 0 Å². The topological polar surface area (TPSA) is 4.93 Å². The Morgan fingerprint density at radius 2 is 2.36 bits per heavy atom. The lowest BCUT2D eigenvalue weighted by molar-refractivity contribution is 0.784. The second kappa shape index (κ2) is 6.51. The minimum atomic E-state index is 0.398. The SMILES string of the molecule is C=CCc1cccn1C(I)C(I)=CI. The van der Waals surface area contributed by atoms with Gasteiger partial charge in [-0.3, -0.25) is 0 Å². The van der Waals surface area contributed by atoms with Crippen LogP contribution in [-0.2, 0) is 6.42 Å². The van der Waals surface area contributed by atoms with Crippen LogP contribution >= 0.6 is 67.8 Å². The number of alkyl halides is 1. The average Bonchev–Trinajstić information content (AvgIpc) is 2.64. The van der Waals surface area contributed by atoms with Gasteiger partial charge in [0.1, 0.15) is 4.05 Å². The van der Waals surface area contributed by atoms with Crippen LogP contribution in [0.1, 0.15) is 9.74 Å². The third-order valence-electron chi connectivity index (χ3n) is 1.80. The predicted octanol–water partition coefficient (Wildman–Crippen LogP) is 4.86. The molecule has 1 heterocycles. The Bertz CT molecular complexity index is 341. The highest BCUT2D eigenvalue weighted by atomic mass is 127. The van der Waals surface area contributed by atoms with Crippen molar-refractivity contribution in [2.24, 2.45) is 0 Å².